The summed E-state index contributed by atoms with van der Waals surface area (Å²) in [5.74, 6) is -0.399. The van der Waals surface area contributed by atoms with E-state index in [2.05, 4.69) is 17.6 Å². The van der Waals surface area contributed by atoms with Crippen molar-refractivity contribution in [1.29, 1.82) is 0 Å². The Morgan fingerprint density at radius 3 is 2.35 bits per heavy atom. The molecular formula is C31H41N5O4. The number of rotatable bonds is 8. The van der Waals surface area contributed by atoms with Crippen molar-refractivity contribution in [1.82, 2.24) is 25.2 Å². The van der Waals surface area contributed by atoms with E-state index >= 15 is 0 Å². The van der Waals surface area contributed by atoms with Crippen molar-refractivity contribution in [3.05, 3.63) is 64.1 Å². The SMILES string of the molecule is CCc1nn2c(C)cc(C)nc2c1Cc1ccc(C(=O)CNC(=O)C2CCC(NC(=O)OC(C)(C)C)CC2)cc1. The number of hydrogen-bond acceptors (Lipinski definition) is 6. The lowest BCUT2D eigenvalue weighted by Gasteiger charge is -2.29. The molecule has 4 rings (SSSR count). The molecule has 214 valence electrons. The molecule has 2 aromatic heterocycles. The number of benzene rings is 1. The number of hydrogen-bond donors (Lipinski definition) is 2. The first kappa shape index (κ1) is 29.2. The summed E-state index contributed by atoms with van der Waals surface area (Å²) in [6, 6.07) is 9.57. The minimum absolute atomic E-state index is 0.00276. The van der Waals surface area contributed by atoms with Crippen molar-refractivity contribution in [3.8, 4) is 0 Å². The second kappa shape index (κ2) is 12.2. The van der Waals surface area contributed by atoms with E-state index in [1.807, 2.05) is 69.5 Å². The topological polar surface area (TPSA) is 115 Å². The Labute approximate surface area is 236 Å². The number of ether oxygens (including phenoxy) is 1. The maximum atomic E-state index is 12.8. The van der Waals surface area contributed by atoms with E-state index in [0.29, 0.717) is 37.7 Å². The van der Waals surface area contributed by atoms with E-state index in [9.17, 15) is 14.4 Å². The number of nitrogens with one attached hydrogen (secondary N) is 2. The number of aromatic nitrogens is 3. The van der Waals surface area contributed by atoms with Crippen LogP contribution in [0.4, 0.5) is 4.79 Å². The van der Waals surface area contributed by atoms with Crippen LogP contribution in [0.1, 0.15) is 91.9 Å². The smallest absolute Gasteiger partial charge is 0.407 e. The first-order valence-corrected chi connectivity index (χ1v) is 14.2. The molecule has 0 atom stereocenters. The fourth-order valence-electron chi connectivity index (χ4n) is 5.27. The van der Waals surface area contributed by atoms with Gasteiger partial charge in [0.05, 0.1) is 12.2 Å². The van der Waals surface area contributed by atoms with E-state index in [0.717, 1.165) is 40.3 Å². The number of ketones is 1. The number of amides is 2. The van der Waals surface area contributed by atoms with E-state index < -0.39 is 11.7 Å². The van der Waals surface area contributed by atoms with Gasteiger partial charge in [0.1, 0.15) is 5.60 Å². The van der Waals surface area contributed by atoms with Gasteiger partial charge in [0.2, 0.25) is 5.91 Å². The van der Waals surface area contributed by atoms with Gasteiger partial charge in [-0.25, -0.2) is 14.3 Å². The zero-order chi connectivity index (χ0) is 29.0. The van der Waals surface area contributed by atoms with Gasteiger partial charge in [-0.05, 0) is 78.4 Å². The van der Waals surface area contributed by atoms with E-state index in [1.54, 1.807) is 0 Å². The third-order valence-electron chi connectivity index (χ3n) is 7.31. The van der Waals surface area contributed by atoms with Crippen LogP contribution >= 0.6 is 0 Å². The largest absolute Gasteiger partial charge is 0.444 e. The van der Waals surface area contributed by atoms with Crippen molar-refractivity contribution < 1.29 is 19.1 Å². The summed E-state index contributed by atoms with van der Waals surface area (Å²) < 4.78 is 7.23. The molecule has 0 aliphatic heterocycles. The molecule has 9 nitrogen and oxygen atoms in total. The fraction of sp³-hybridized carbons (Fsp3) is 0.516. The van der Waals surface area contributed by atoms with E-state index in [-0.39, 0.29) is 30.2 Å². The number of fused-ring (bicyclic) bond motifs is 1. The highest BCUT2D eigenvalue weighted by Crippen LogP contribution is 2.25. The van der Waals surface area contributed by atoms with Gasteiger partial charge in [0.25, 0.3) is 0 Å². The summed E-state index contributed by atoms with van der Waals surface area (Å²) in [6.45, 7) is 11.6. The van der Waals surface area contributed by atoms with Gasteiger partial charge >= 0.3 is 6.09 Å². The third-order valence-corrected chi connectivity index (χ3v) is 7.31. The van der Waals surface area contributed by atoms with Crippen molar-refractivity contribution in [3.63, 3.8) is 0 Å². The van der Waals surface area contributed by atoms with Crippen LogP contribution < -0.4 is 10.6 Å². The minimum Gasteiger partial charge on any atom is -0.444 e. The normalized spacial score (nSPS) is 17.4. The van der Waals surface area contributed by atoms with Gasteiger partial charge in [-0.3, -0.25) is 9.59 Å². The number of aryl methyl sites for hydroxylation is 3. The third kappa shape index (κ3) is 7.25. The first-order chi connectivity index (χ1) is 18.9. The van der Waals surface area contributed by atoms with E-state index in [1.165, 1.54) is 0 Å². The van der Waals surface area contributed by atoms with Crippen LogP contribution in [0.2, 0.25) is 0 Å². The molecule has 1 saturated carbocycles. The Morgan fingerprint density at radius 1 is 1.05 bits per heavy atom. The second-order valence-corrected chi connectivity index (χ2v) is 11.8. The Morgan fingerprint density at radius 2 is 1.73 bits per heavy atom. The van der Waals surface area contributed by atoms with Crippen molar-refractivity contribution in [2.45, 2.75) is 91.7 Å². The highest BCUT2D eigenvalue weighted by molar-refractivity contribution is 5.99. The molecule has 2 N–H and O–H groups in total. The number of alkyl carbamates (subject to hydrolysis) is 1. The van der Waals surface area contributed by atoms with Crippen molar-refractivity contribution in [2.24, 2.45) is 5.92 Å². The fourth-order valence-corrected chi connectivity index (χ4v) is 5.27. The van der Waals surface area contributed by atoms with Gasteiger partial charge in [0, 0.05) is 40.9 Å². The summed E-state index contributed by atoms with van der Waals surface area (Å²) in [7, 11) is 0. The summed E-state index contributed by atoms with van der Waals surface area (Å²) >= 11 is 0. The van der Waals surface area contributed by atoms with Crippen LogP contribution in [0.3, 0.4) is 0 Å². The van der Waals surface area contributed by atoms with Gasteiger partial charge in [-0.1, -0.05) is 31.2 Å². The molecule has 9 heteroatoms. The van der Waals surface area contributed by atoms with Crippen LogP contribution in [0.25, 0.3) is 5.65 Å². The zero-order valence-corrected chi connectivity index (χ0v) is 24.5. The number of Topliss-reactive ketones (excluding diaryl/α,β-unsaturated/α-hetero) is 1. The van der Waals surface area contributed by atoms with Gasteiger partial charge in [-0.15, -0.1) is 0 Å². The molecular weight excluding hydrogens is 506 g/mol. The standard InChI is InChI=1S/C31H41N5O4/c1-7-26-25(28-33-19(2)16-20(3)36(28)35-26)17-21-8-10-22(11-9-21)27(37)18-32-29(38)23-12-14-24(15-13-23)34-30(39)40-31(4,5)6/h8-11,16,23-24H,7,12-15,17-18H2,1-6H3,(H,32,38)(H,34,39). The Kier molecular flexibility index (Phi) is 8.91. The molecule has 0 bridgehead atoms. The monoisotopic (exact) mass is 547 g/mol. The molecule has 40 heavy (non-hydrogen) atoms. The molecule has 3 aromatic rings. The molecule has 1 fully saturated rings. The van der Waals surface area contributed by atoms with Gasteiger partial charge in [0.15, 0.2) is 11.4 Å². The Hall–Kier alpha value is -3.75. The molecule has 0 saturated heterocycles. The highest BCUT2D eigenvalue weighted by atomic mass is 16.6. The van der Waals surface area contributed by atoms with Crippen LogP contribution in [-0.2, 0) is 22.4 Å². The molecule has 1 aromatic carbocycles. The molecule has 2 amide bonds. The van der Waals surface area contributed by atoms with Crippen LogP contribution in [0, 0.1) is 19.8 Å². The lowest BCUT2D eigenvalue weighted by atomic mass is 9.85. The lowest BCUT2D eigenvalue weighted by molar-refractivity contribution is -0.125. The minimum atomic E-state index is -0.544. The number of carbonyl (C=O) groups excluding carboxylic acids is 3. The first-order valence-electron chi connectivity index (χ1n) is 14.2. The van der Waals surface area contributed by atoms with Crippen LogP contribution in [0.15, 0.2) is 30.3 Å². The van der Waals surface area contributed by atoms with Crippen molar-refractivity contribution in [2.75, 3.05) is 6.54 Å². The molecule has 1 aliphatic rings. The van der Waals surface area contributed by atoms with Crippen LogP contribution in [-0.4, -0.2) is 50.6 Å². The molecule has 0 unspecified atom stereocenters. The zero-order valence-electron chi connectivity index (χ0n) is 24.5. The van der Waals surface area contributed by atoms with Crippen LogP contribution in [0.5, 0.6) is 0 Å². The number of carbonyl (C=O) groups is 3. The average Bonchev–Trinajstić information content (AvgIpc) is 3.24. The lowest BCUT2D eigenvalue weighted by Crippen LogP contribution is -2.43. The predicted octanol–water partition coefficient (Wildman–Crippen LogP) is 4.88. The quantitative estimate of drug-likeness (QED) is 0.389. The summed E-state index contributed by atoms with van der Waals surface area (Å²) in [4.78, 5) is 42.2. The summed E-state index contributed by atoms with van der Waals surface area (Å²) in [5.41, 5.74) is 6.12. The Balaban J connectivity index is 1.28. The Bertz CT molecular complexity index is 1380. The average molecular weight is 548 g/mol. The number of nitrogens with zero attached hydrogens (tertiary/aromatic N) is 3. The van der Waals surface area contributed by atoms with Gasteiger partial charge in [-0.2, -0.15) is 5.10 Å². The second-order valence-electron chi connectivity index (χ2n) is 11.8. The molecule has 1 aliphatic carbocycles. The van der Waals surface area contributed by atoms with E-state index in [4.69, 9.17) is 14.8 Å². The summed E-state index contributed by atoms with van der Waals surface area (Å²) in [5, 5.41) is 10.5. The molecule has 2 heterocycles. The molecule has 0 spiro atoms. The highest BCUT2D eigenvalue weighted by Gasteiger charge is 2.28. The maximum absolute atomic E-state index is 12.8. The van der Waals surface area contributed by atoms with Crippen molar-refractivity contribution >= 4 is 23.4 Å². The predicted molar refractivity (Wildman–Crippen MR) is 154 cm³/mol. The van der Waals surface area contributed by atoms with Gasteiger partial charge < -0.3 is 15.4 Å². The maximum Gasteiger partial charge on any atom is 0.407 e. The summed E-state index contributed by atoms with van der Waals surface area (Å²) in [6.07, 6.45) is 3.79. The molecule has 0 radical (unpaired) electrons.